The molecule has 2 saturated heterocycles. The Kier molecular flexibility index (Phi) is 3.06. The maximum absolute atomic E-state index is 11.2. The van der Waals surface area contributed by atoms with E-state index in [1.165, 1.54) is 12.3 Å². The minimum absolute atomic E-state index is 0.0140. The molecule has 7 heteroatoms. The van der Waals surface area contributed by atoms with Gasteiger partial charge in [-0.3, -0.25) is 10.1 Å². The Bertz CT molecular complexity index is 510. The number of nitrogens with zero attached hydrogens (tertiary/aromatic N) is 3. The lowest BCUT2D eigenvalue weighted by atomic mass is 9.98. The van der Waals surface area contributed by atoms with Crippen LogP contribution in [-0.4, -0.2) is 28.0 Å². The average molecular weight is 283 g/mol. The van der Waals surface area contributed by atoms with E-state index in [0.717, 1.165) is 25.7 Å². The van der Waals surface area contributed by atoms with Crippen LogP contribution < -0.4 is 10.6 Å². The van der Waals surface area contributed by atoms with Crippen LogP contribution in [0.4, 0.5) is 11.5 Å². The van der Waals surface area contributed by atoms with Gasteiger partial charge in [0.15, 0.2) is 0 Å². The van der Waals surface area contributed by atoms with Crippen molar-refractivity contribution in [1.82, 2.24) is 4.98 Å². The highest BCUT2D eigenvalue weighted by Gasteiger charge is 2.42. The normalized spacial score (nSPS) is 29.6. The van der Waals surface area contributed by atoms with Crippen LogP contribution in [0.2, 0.25) is 5.02 Å². The van der Waals surface area contributed by atoms with Crippen LogP contribution in [-0.2, 0) is 0 Å². The summed E-state index contributed by atoms with van der Waals surface area (Å²) in [5.41, 5.74) is 6.00. The molecule has 0 radical (unpaired) electrons. The Morgan fingerprint density at radius 2 is 2.05 bits per heavy atom. The summed E-state index contributed by atoms with van der Waals surface area (Å²) < 4.78 is 0. The molecule has 0 spiro atoms. The smallest absolute Gasteiger partial charge is 0.313 e. The van der Waals surface area contributed by atoms with Gasteiger partial charge >= 0.3 is 5.69 Å². The SMILES string of the molecule is NC1CC2CCC(C1)N2c1ncc(Cl)cc1[N+](=O)[O-]. The first kappa shape index (κ1) is 12.6. The van der Waals surface area contributed by atoms with E-state index < -0.39 is 4.92 Å². The van der Waals surface area contributed by atoms with E-state index in [0.29, 0.717) is 5.82 Å². The van der Waals surface area contributed by atoms with Crippen molar-refractivity contribution < 1.29 is 4.92 Å². The summed E-state index contributed by atoms with van der Waals surface area (Å²) in [6, 6.07) is 2.10. The molecule has 2 aliphatic rings. The number of hydrogen-bond acceptors (Lipinski definition) is 5. The number of pyridine rings is 1. The Balaban J connectivity index is 2.01. The Morgan fingerprint density at radius 3 is 2.63 bits per heavy atom. The van der Waals surface area contributed by atoms with Crippen LogP contribution in [0, 0.1) is 10.1 Å². The monoisotopic (exact) mass is 282 g/mol. The van der Waals surface area contributed by atoms with Crippen LogP contribution in [0.3, 0.4) is 0 Å². The van der Waals surface area contributed by atoms with E-state index in [2.05, 4.69) is 9.88 Å². The number of halogens is 1. The molecule has 0 aliphatic carbocycles. The van der Waals surface area contributed by atoms with Gasteiger partial charge in [-0.2, -0.15) is 0 Å². The molecule has 2 unspecified atom stereocenters. The minimum Gasteiger partial charge on any atom is -0.345 e. The molecule has 0 saturated carbocycles. The molecule has 19 heavy (non-hydrogen) atoms. The van der Waals surface area contributed by atoms with Gasteiger partial charge in [0.1, 0.15) is 0 Å². The minimum atomic E-state index is -0.414. The molecule has 3 rings (SSSR count). The van der Waals surface area contributed by atoms with Crippen LogP contribution in [0.5, 0.6) is 0 Å². The number of piperidine rings is 1. The molecule has 2 atom stereocenters. The second kappa shape index (κ2) is 4.61. The van der Waals surface area contributed by atoms with E-state index in [-0.39, 0.29) is 28.8 Å². The first-order valence-electron chi connectivity index (χ1n) is 6.40. The van der Waals surface area contributed by atoms with Crippen LogP contribution in [0.25, 0.3) is 0 Å². The summed E-state index contributed by atoms with van der Waals surface area (Å²) in [7, 11) is 0. The van der Waals surface area contributed by atoms with Crippen molar-refractivity contribution in [2.75, 3.05) is 4.90 Å². The zero-order valence-corrected chi connectivity index (χ0v) is 11.1. The number of nitro groups is 1. The van der Waals surface area contributed by atoms with Crippen molar-refractivity contribution in [3.05, 3.63) is 27.4 Å². The maximum atomic E-state index is 11.2. The van der Waals surface area contributed by atoms with E-state index in [4.69, 9.17) is 17.3 Å². The lowest BCUT2D eigenvalue weighted by Gasteiger charge is -2.38. The molecule has 1 aromatic heterocycles. The first-order chi connectivity index (χ1) is 9.06. The molecule has 3 heterocycles. The highest BCUT2D eigenvalue weighted by Crippen LogP contribution is 2.41. The molecule has 0 amide bonds. The van der Waals surface area contributed by atoms with E-state index >= 15 is 0 Å². The largest absolute Gasteiger partial charge is 0.345 e. The van der Waals surface area contributed by atoms with E-state index in [9.17, 15) is 10.1 Å². The standard InChI is InChI=1S/C12H15ClN4O2/c13-7-3-11(17(18)19)12(15-6-7)16-9-1-2-10(16)5-8(14)4-9/h3,6,8-10H,1-2,4-5,14H2. The molecular weight excluding hydrogens is 268 g/mol. The Labute approximate surface area is 115 Å². The van der Waals surface area contributed by atoms with Gasteiger partial charge in [-0.05, 0) is 25.7 Å². The molecule has 2 fully saturated rings. The van der Waals surface area contributed by atoms with Gasteiger partial charge in [-0.1, -0.05) is 11.6 Å². The summed E-state index contributed by atoms with van der Waals surface area (Å²) >= 11 is 5.81. The highest BCUT2D eigenvalue weighted by atomic mass is 35.5. The van der Waals surface area contributed by atoms with Crippen LogP contribution >= 0.6 is 11.6 Å². The Hall–Kier alpha value is -1.40. The van der Waals surface area contributed by atoms with Gasteiger partial charge in [0, 0.05) is 30.4 Å². The fourth-order valence-electron chi connectivity index (χ4n) is 3.32. The zero-order chi connectivity index (χ0) is 13.6. The van der Waals surface area contributed by atoms with Crippen molar-refractivity contribution in [2.24, 2.45) is 5.73 Å². The van der Waals surface area contributed by atoms with Crippen molar-refractivity contribution in [3.8, 4) is 0 Å². The second-order valence-corrected chi connectivity index (χ2v) is 5.71. The fraction of sp³-hybridized carbons (Fsp3) is 0.583. The third-order valence-electron chi connectivity index (χ3n) is 4.02. The van der Waals surface area contributed by atoms with E-state index in [1.807, 2.05) is 0 Å². The van der Waals surface area contributed by atoms with Gasteiger partial charge < -0.3 is 10.6 Å². The van der Waals surface area contributed by atoms with Gasteiger partial charge in [-0.15, -0.1) is 0 Å². The fourth-order valence-corrected chi connectivity index (χ4v) is 3.47. The zero-order valence-electron chi connectivity index (χ0n) is 10.3. The third kappa shape index (κ3) is 2.15. The predicted octanol–water partition coefficient (Wildman–Crippen LogP) is 2.10. The molecule has 0 aromatic carbocycles. The quantitative estimate of drug-likeness (QED) is 0.663. The Morgan fingerprint density at radius 1 is 1.42 bits per heavy atom. The van der Waals surface area contributed by atoms with Gasteiger partial charge in [0.05, 0.1) is 9.95 Å². The van der Waals surface area contributed by atoms with Gasteiger partial charge in [-0.25, -0.2) is 4.98 Å². The number of anilines is 1. The third-order valence-corrected chi connectivity index (χ3v) is 4.23. The first-order valence-corrected chi connectivity index (χ1v) is 6.78. The average Bonchev–Trinajstić information content (AvgIpc) is 2.62. The van der Waals surface area contributed by atoms with Crippen molar-refractivity contribution in [3.63, 3.8) is 0 Å². The summed E-state index contributed by atoms with van der Waals surface area (Å²) in [6.45, 7) is 0. The summed E-state index contributed by atoms with van der Waals surface area (Å²) in [4.78, 5) is 17.0. The molecule has 2 aliphatic heterocycles. The number of aromatic nitrogens is 1. The molecule has 2 N–H and O–H groups in total. The summed E-state index contributed by atoms with van der Waals surface area (Å²) in [6.07, 6.45) is 5.27. The molecule has 1 aromatic rings. The topological polar surface area (TPSA) is 85.3 Å². The lowest BCUT2D eigenvalue weighted by Crippen LogP contribution is -2.48. The van der Waals surface area contributed by atoms with Crippen molar-refractivity contribution >= 4 is 23.1 Å². The van der Waals surface area contributed by atoms with Crippen molar-refractivity contribution in [1.29, 1.82) is 0 Å². The van der Waals surface area contributed by atoms with Gasteiger partial charge in [0.25, 0.3) is 0 Å². The summed E-state index contributed by atoms with van der Waals surface area (Å²) in [5, 5.41) is 11.5. The second-order valence-electron chi connectivity index (χ2n) is 5.28. The van der Waals surface area contributed by atoms with Gasteiger partial charge in [0.2, 0.25) is 5.82 Å². The molecule has 6 nitrogen and oxygen atoms in total. The van der Waals surface area contributed by atoms with E-state index in [1.54, 1.807) is 0 Å². The van der Waals surface area contributed by atoms with Crippen molar-refractivity contribution in [2.45, 2.75) is 43.8 Å². The summed E-state index contributed by atoms with van der Waals surface area (Å²) in [5.74, 6) is 0.439. The predicted molar refractivity (Wildman–Crippen MR) is 72.4 cm³/mol. The number of rotatable bonds is 2. The maximum Gasteiger partial charge on any atom is 0.313 e. The number of nitrogens with two attached hydrogens (primary N) is 1. The number of hydrogen-bond donors (Lipinski definition) is 1. The molecule has 2 bridgehead atoms. The molecule has 102 valence electrons. The van der Waals surface area contributed by atoms with Crippen LogP contribution in [0.1, 0.15) is 25.7 Å². The number of fused-ring (bicyclic) bond motifs is 2. The highest BCUT2D eigenvalue weighted by molar-refractivity contribution is 6.30. The van der Waals surface area contributed by atoms with Crippen LogP contribution in [0.15, 0.2) is 12.3 Å². The molecular formula is C12H15ClN4O2. The lowest BCUT2D eigenvalue weighted by molar-refractivity contribution is -0.384.